The molecule has 7 nitrogen and oxygen atoms in total. The van der Waals surface area contributed by atoms with Gasteiger partial charge < -0.3 is 19.9 Å². The second kappa shape index (κ2) is 11.0. The molecule has 0 aliphatic heterocycles. The first-order valence-electron chi connectivity index (χ1n) is 11.5. The Morgan fingerprint density at radius 2 is 1.59 bits per heavy atom. The van der Waals surface area contributed by atoms with Crippen molar-refractivity contribution in [3.05, 3.63) is 65.4 Å². The number of halogens is 6. The number of rotatable bonds is 9. The highest BCUT2D eigenvalue weighted by Gasteiger charge is 2.37. The van der Waals surface area contributed by atoms with E-state index in [1.165, 1.54) is 24.3 Å². The van der Waals surface area contributed by atoms with E-state index in [1.54, 1.807) is 20.8 Å². The Balaban J connectivity index is 2.03. The fourth-order valence-corrected chi connectivity index (χ4v) is 3.59. The fourth-order valence-electron chi connectivity index (χ4n) is 3.59. The summed E-state index contributed by atoms with van der Waals surface area (Å²) in [6, 6.07) is 7.69. The minimum atomic E-state index is -4.90. The van der Waals surface area contributed by atoms with Crippen molar-refractivity contribution in [2.75, 3.05) is 0 Å². The first-order valence-corrected chi connectivity index (χ1v) is 11.5. The normalized spacial score (nSPS) is 13.2. The zero-order chi connectivity index (χ0) is 29.2. The number of alkyl halides is 6. The number of carbonyl (C=O) groups is 2. The molecule has 0 fully saturated rings. The lowest BCUT2D eigenvalue weighted by Crippen LogP contribution is -2.50. The molecule has 3 rings (SSSR count). The van der Waals surface area contributed by atoms with Gasteiger partial charge in [0, 0.05) is 5.39 Å². The van der Waals surface area contributed by atoms with E-state index < -0.39 is 47.3 Å². The highest BCUT2D eigenvalue weighted by atomic mass is 19.4. The number of amides is 1. The van der Waals surface area contributed by atoms with Crippen molar-refractivity contribution in [2.24, 2.45) is 5.41 Å². The highest BCUT2D eigenvalue weighted by molar-refractivity contribution is 6.04. The molecule has 2 aromatic carbocycles. The molecule has 0 aliphatic carbocycles. The van der Waals surface area contributed by atoms with Crippen LogP contribution >= 0.6 is 0 Å². The standard InChI is InChI=1S/C26H24F6N2O5/c1-4-24(2,3)21(23(36)37)34-22(35)17-11-7-15-8-12-18(25(27,28)29)33-19(15)20(17)38-13-14-5-9-16(10-6-14)39-26(30,31)32/h5-12,21H,4,13H2,1-3H3,(H,34,35)(H,36,37)/t21-/m1/s1. The highest BCUT2D eigenvalue weighted by Crippen LogP contribution is 2.35. The number of carbonyl (C=O) groups excluding carboxylic acids is 1. The topological polar surface area (TPSA) is 97.8 Å². The molecule has 0 saturated carbocycles. The van der Waals surface area contributed by atoms with Crippen molar-refractivity contribution < 1.29 is 50.5 Å². The summed E-state index contributed by atoms with van der Waals surface area (Å²) in [4.78, 5) is 28.8. The van der Waals surface area contributed by atoms with Gasteiger partial charge in [-0.15, -0.1) is 13.2 Å². The van der Waals surface area contributed by atoms with Crippen LogP contribution in [0.15, 0.2) is 48.5 Å². The number of carboxylic acid groups (broad SMARTS) is 1. The van der Waals surface area contributed by atoms with Crippen LogP contribution in [0.1, 0.15) is 48.8 Å². The van der Waals surface area contributed by atoms with Crippen molar-refractivity contribution in [1.82, 2.24) is 10.3 Å². The van der Waals surface area contributed by atoms with E-state index >= 15 is 0 Å². The maximum Gasteiger partial charge on any atom is 0.573 e. The molecular weight excluding hydrogens is 534 g/mol. The predicted octanol–water partition coefficient (Wildman–Crippen LogP) is 6.35. The van der Waals surface area contributed by atoms with Crippen molar-refractivity contribution in [3.8, 4) is 11.5 Å². The summed E-state index contributed by atoms with van der Waals surface area (Å²) < 4.78 is 87.0. The Morgan fingerprint density at radius 1 is 0.974 bits per heavy atom. The molecule has 1 aromatic heterocycles. The number of pyridine rings is 1. The van der Waals surface area contributed by atoms with Crippen LogP contribution in [0.25, 0.3) is 10.9 Å². The van der Waals surface area contributed by atoms with Crippen molar-refractivity contribution in [3.63, 3.8) is 0 Å². The lowest BCUT2D eigenvalue weighted by molar-refractivity contribution is -0.274. The second-order valence-electron chi connectivity index (χ2n) is 9.28. The van der Waals surface area contributed by atoms with Crippen LogP contribution in [0, 0.1) is 5.41 Å². The molecule has 0 bridgehead atoms. The van der Waals surface area contributed by atoms with Gasteiger partial charge in [0.05, 0.1) is 5.56 Å². The van der Waals surface area contributed by atoms with E-state index in [0.29, 0.717) is 12.0 Å². The molecule has 210 valence electrons. The predicted molar refractivity (Wildman–Crippen MR) is 127 cm³/mol. The van der Waals surface area contributed by atoms with E-state index in [-0.39, 0.29) is 28.8 Å². The van der Waals surface area contributed by atoms with Gasteiger partial charge in [-0.1, -0.05) is 45.0 Å². The summed E-state index contributed by atoms with van der Waals surface area (Å²) in [5, 5.41) is 12.3. The smallest absolute Gasteiger partial charge is 0.486 e. The average Bonchev–Trinajstić information content (AvgIpc) is 2.84. The lowest BCUT2D eigenvalue weighted by atomic mass is 9.81. The zero-order valence-electron chi connectivity index (χ0n) is 20.9. The molecule has 0 spiro atoms. The van der Waals surface area contributed by atoms with Gasteiger partial charge in [0.1, 0.15) is 29.6 Å². The number of carboxylic acids is 1. The van der Waals surface area contributed by atoms with E-state index in [2.05, 4.69) is 15.0 Å². The molecule has 0 unspecified atom stereocenters. The third-order valence-electron chi connectivity index (χ3n) is 6.11. The molecule has 39 heavy (non-hydrogen) atoms. The van der Waals surface area contributed by atoms with Gasteiger partial charge in [-0.25, -0.2) is 9.78 Å². The van der Waals surface area contributed by atoms with Crippen LogP contribution in [0.2, 0.25) is 0 Å². The number of fused-ring (bicyclic) bond motifs is 1. The molecule has 1 amide bonds. The first-order chi connectivity index (χ1) is 18.0. The number of ether oxygens (including phenoxy) is 2. The maximum atomic E-state index is 13.4. The van der Waals surface area contributed by atoms with Crippen LogP contribution in [0.3, 0.4) is 0 Å². The Kier molecular flexibility index (Phi) is 8.32. The summed E-state index contributed by atoms with van der Waals surface area (Å²) in [6.45, 7) is 4.63. The summed E-state index contributed by atoms with van der Waals surface area (Å²) >= 11 is 0. The Hall–Kier alpha value is -4.03. The lowest BCUT2D eigenvalue weighted by Gasteiger charge is -2.31. The molecule has 0 saturated heterocycles. The number of hydrogen-bond donors (Lipinski definition) is 2. The monoisotopic (exact) mass is 558 g/mol. The van der Waals surface area contributed by atoms with Gasteiger partial charge in [-0.05, 0) is 41.7 Å². The van der Waals surface area contributed by atoms with E-state index in [1.807, 2.05) is 0 Å². The van der Waals surface area contributed by atoms with Crippen molar-refractivity contribution >= 4 is 22.8 Å². The van der Waals surface area contributed by atoms with Crippen LogP contribution in [0.4, 0.5) is 26.3 Å². The van der Waals surface area contributed by atoms with Gasteiger partial charge in [0.25, 0.3) is 5.91 Å². The molecule has 13 heteroatoms. The average molecular weight is 558 g/mol. The molecule has 1 atom stereocenters. The van der Waals surface area contributed by atoms with Crippen LogP contribution < -0.4 is 14.8 Å². The van der Waals surface area contributed by atoms with Gasteiger partial charge in [0.15, 0.2) is 5.75 Å². The SMILES string of the molecule is CCC(C)(C)[C@H](NC(=O)c1ccc2ccc(C(F)(F)F)nc2c1OCc1ccc(OC(F)(F)F)cc1)C(=O)O. The van der Waals surface area contributed by atoms with Gasteiger partial charge in [-0.2, -0.15) is 13.2 Å². The first kappa shape index (κ1) is 29.5. The maximum absolute atomic E-state index is 13.4. The van der Waals surface area contributed by atoms with Gasteiger partial charge in [0.2, 0.25) is 0 Å². The number of aromatic nitrogens is 1. The van der Waals surface area contributed by atoms with E-state index in [9.17, 15) is 41.0 Å². The number of hydrogen-bond acceptors (Lipinski definition) is 5. The number of nitrogens with one attached hydrogen (secondary N) is 1. The fraction of sp³-hybridized carbons (Fsp3) is 0.346. The number of aliphatic carboxylic acids is 1. The molecular formula is C26H24F6N2O5. The van der Waals surface area contributed by atoms with Crippen LogP contribution in [-0.2, 0) is 17.6 Å². The number of nitrogens with zero attached hydrogens (tertiary/aromatic N) is 1. The summed E-state index contributed by atoms with van der Waals surface area (Å²) in [7, 11) is 0. The minimum Gasteiger partial charge on any atom is -0.486 e. The zero-order valence-corrected chi connectivity index (χ0v) is 20.9. The summed E-state index contributed by atoms with van der Waals surface area (Å²) in [5.74, 6) is -3.08. The molecule has 2 N–H and O–H groups in total. The molecule has 1 heterocycles. The van der Waals surface area contributed by atoms with Crippen molar-refractivity contribution in [2.45, 2.75) is 52.4 Å². The summed E-state index contributed by atoms with van der Waals surface area (Å²) in [6.07, 6.45) is -9.32. The second-order valence-corrected chi connectivity index (χ2v) is 9.28. The Morgan fingerprint density at radius 3 is 2.13 bits per heavy atom. The third kappa shape index (κ3) is 7.30. The molecule has 0 radical (unpaired) electrons. The number of benzene rings is 2. The van der Waals surface area contributed by atoms with Crippen LogP contribution in [0.5, 0.6) is 11.5 Å². The largest absolute Gasteiger partial charge is 0.573 e. The van der Waals surface area contributed by atoms with E-state index in [4.69, 9.17) is 4.74 Å². The molecule has 3 aromatic rings. The quantitative estimate of drug-likeness (QED) is 0.297. The minimum absolute atomic E-state index is 0.201. The van der Waals surface area contributed by atoms with E-state index in [0.717, 1.165) is 24.3 Å². The molecule has 0 aliphatic rings. The Labute approximate surface area is 218 Å². The Bertz CT molecular complexity index is 1350. The summed E-state index contributed by atoms with van der Waals surface area (Å²) in [5.41, 5.74) is -2.40. The van der Waals surface area contributed by atoms with Gasteiger partial charge >= 0.3 is 18.5 Å². The third-order valence-corrected chi connectivity index (χ3v) is 6.11. The van der Waals surface area contributed by atoms with Crippen molar-refractivity contribution in [1.29, 1.82) is 0 Å². The van der Waals surface area contributed by atoms with Crippen LogP contribution in [-0.4, -0.2) is 34.4 Å². The van der Waals surface area contributed by atoms with Gasteiger partial charge in [-0.3, -0.25) is 4.79 Å².